The summed E-state index contributed by atoms with van der Waals surface area (Å²) in [7, 11) is 0. The van der Waals surface area contributed by atoms with Crippen molar-refractivity contribution in [2.75, 3.05) is 6.54 Å². The van der Waals surface area contributed by atoms with Crippen LogP contribution in [0.25, 0.3) is 0 Å². The molecular weight excluding hydrogens is 270 g/mol. The van der Waals surface area contributed by atoms with Crippen molar-refractivity contribution in [2.24, 2.45) is 11.8 Å². The van der Waals surface area contributed by atoms with E-state index in [1.54, 1.807) is 0 Å². The monoisotopic (exact) mass is 309 g/mol. The number of allylic oxidation sites excluding steroid dienone is 1. The average molecular weight is 310 g/mol. The van der Waals surface area contributed by atoms with E-state index < -0.39 is 0 Å². The summed E-state index contributed by atoms with van der Waals surface area (Å²) in [5.41, 5.74) is 1.23. The van der Waals surface area contributed by atoms with E-state index in [1.807, 2.05) is 0 Å². The minimum absolute atomic E-state index is 0.0389. The lowest BCUT2D eigenvalue weighted by atomic mass is 9.78. The predicted octanol–water partition coefficient (Wildman–Crippen LogP) is 5.42. The third kappa shape index (κ3) is 8.82. The highest BCUT2D eigenvalue weighted by atomic mass is 16.3. The van der Waals surface area contributed by atoms with Crippen molar-refractivity contribution < 1.29 is 5.11 Å². The average Bonchev–Trinajstić information content (AvgIpc) is 2.50. The Morgan fingerprint density at radius 1 is 1.09 bits per heavy atom. The molecule has 0 bridgehead atoms. The molecule has 0 saturated heterocycles. The smallest absolute Gasteiger partial charge is 0.0566 e. The van der Waals surface area contributed by atoms with Gasteiger partial charge in [-0.25, -0.2) is 0 Å². The van der Waals surface area contributed by atoms with Crippen LogP contribution in [0.2, 0.25) is 0 Å². The third-order valence-corrected chi connectivity index (χ3v) is 5.23. The molecule has 3 atom stereocenters. The maximum Gasteiger partial charge on any atom is 0.0566 e. The highest BCUT2D eigenvalue weighted by Crippen LogP contribution is 2.32. The molecule has 0 aliphatic heterocycles. The Bertz CT molecular complexity index is 289. The maximum absolute atomic E-state index is 9.77. The molecule has 130 valence electrons. The Labute approximate surface area is 138 Å². The minimum Gasteiger partial charge on any atom is -0.393 e. The van der Waals surface area contributed by atoms with Gasteiger partial charge in [-0.15, -0.1) is 0 Å². The van der Waals surface area contributed by atoms with Crippen LogP contribution in [0, 0.1) is 11.8 Å². The molecule has 0 amide bonds. The summed E-state index contributed by atoms with van der Waals surface area (Å²) in [6.07, 6.45) is 15.1. The molecule has 2 heteroatoms. The van der Waals surface area contributed by atoms with Crippen LogP contribution in [0.3, 0.4) is 0 Å². The van der Waals surface area contributed by atoms with Crippen molar-refractivity contribution in [3.05, 3.63) is 12.3 Å². The molecule has 0 spiro atoms. The number of hydrogen-bond donors (Lipinski definition) is 2. The van der Waals surface area contributed by atoms with E-state index >= 15 is 0 Å². The summed E-state index contributed by atoms with van der Waals surface area (Å²) >= 11 is 0. The fraction of sp³-hybridized carbons (Fsp3) is 0.900. The lowest BCUT2D eigenvalue weighted by Crippen LogP contribution is -2.26. The zero-order chi connectivity index (χ0) is 16.2. The Balaban J connectivity index is 1.91. The topological polar surface area (TPSA) is 32.3 Å². The molecule has 1 aliphatic carbocycles. The summed E-state index contributed by atoms with van der Waals surface area (Å²) in [6, 6.07) is 0. The Morgan fingerprint density at radius 2 is 1.86 bits per heavy atom. The standard InChI is InChI=1S/C20H39NO/c1-4-5-6-10-15-21-18(3)11-8-7-9-12-19-13-14-20(22)17(2)16-19/h17,19-22H,3-16H2,1-2H3. The molecule has 0 heterocycles. The zero-order valence-electron chi connectivity index (χ0n) is 15.1. The van der Waals surface area contributed by atoms with Crippen LogP contribution in [0.5, 0.6) is 0 Å². The van der Waals surface area contributed by atoms with Crippen molar-refractivity contribution in [1.29, 1.82) is 0 Å². The van der Waals surface area contributed by atoms with E-state index in [0.29, 0.717) is 5.92 Å². The van der Waals surface area contributed by atoms with Gasteiger partial charge in [0.15, 0.2) is 0 Å². The van der Waals surface area contributed by atoms with E-state index in [-0.39, 0.29) is 6.10 Å². The van der Waals surface area contributed by atoms with Gasteiger partial charge in [-0.2, -0.15) is 0 Å². The van der Waals surface area contributed by atoms with Gasteiger partial charge in [0.05, 0.1) is 6.10 Å². The highest BCUT2D eigenvalue weighted by molar-refractivity contribution is 4.90. The molecule has 1 aliphatic rings. The van der Waals surface area contributed by atoms with Crippen LogP contribution in [0.1, 0.15) is 90.9 Å². The molecule has 0 aromatic heterocycles. The second-order valence-electron chi connectivity index (χ2n) is 7.41. The van der Waals surface area contributed by atoms with Crippen molar-refractivity contribution >= 4 is 0 Å². The predicted molar refractivity (Wildman–Crippen MR) is 96.9 cm³/mol. The van der Waals surface area contributed by atoms with Crippen LogP contribution in [-0.2, 0) is 0 Å². The Hall–Kier alpha value is -0.500. The van der Waals surface area contributed by atoms with Crippen molar-refractivity contribution in [3.63, 3.8) is 0 Å². The van der Waals surface area contributed by atoms with Gasteiger partial charge in [-0.3, -0.25) is 0 Å². The van der Waals surface area contributed by atoms with Gasteiger partial charge in [0.2, 0.25) is 0 Å². The van der Waals surface area contributed by atoms with Crippen molar-refractivity contribution in [1.82, 2.24) is 5.32 Å². The normalized spacial score (nSPS) is 25.1. The first kappa shape index (κ1) is 19.5. The Morgan fingerprint density at radius 3 is 2.59 bits per heavy atom. The molecule has 0 radical (unpaired) electrons. The number of nitrogens with one attached hydrogen (secondary N) is 1. The van der Waals surface area contributed by atoms with Crippen LogP contribution >= 0.6 is 0 Å². The van der Waals surface area contributed by atoms with Crippen molar-refractivity contribution in [2.45, 2.75) is 97.0 Å². The van der Waals surface area contributed by atoms with Gasteiger partial charge >= 0.3 is 0 Å². The maximum atomic E-state index is 9.77. The molecule has 1 saturated carbocycles. The summed E-state index contributed by atoms with van der Waals surface area (Å²) in [6.45, 7) is 9.69. The zero-order valence-corrected chi connectivity index (χ0v) is 15.1. The summed E-state index contributed by atoms with van der Waals surface area (Å²) in [5.74, 6) is 1.37. The largest absolute Gasteiger partial charge is 0.393 e. The lowest BCUT2D eigenvalue weighted by Gasteiger charge is -2.31. The first-order valence-corrected chi connectivity index (χ1v) is 9.73. The van der Waals surface area contributed by atoms with Gasteiger partial charge in [0, 0.05) is 12.2 Å². The van der Waals surface area contributed by atoms with E-state index in [0.717, 1.165) is 25.3 Å². The second-order valence-corrected chi connectivity index (χ2v) is 7.41. The SMILES string of the molecule is C=C(CCCCCC1CCC(O)C(C)C1)NCCCCCC. The van der Waals surface area contributed by atoms with Crippen LogP contribution in [0.15, 0.2) is 12.3 Å². The second kappa shape index (κ2) is 12.0. The fourth-order valence-electron chi connectivity index (χ4n) is 3.61. The summed E-state index contributed by atoms with van der Waals surface area (Å²) < 4.78 is 0. The molecular formula is C20H39NO. The molecule has 22 heavy (non-hydrogen) atoms. The van der Waals surface area contributed by atoms with Crippen LogP contribution in [-0.4, -0.2) is 17.8 Å². The lowest BCUT2D eigenvalue weighted by molar-refractivity contribution is 0.0548. The number of aliphatic hydroxyl groups is 1. The van der Waals surface area contributed by atoms with Gasteiger partial charge in [0.1, 0.15) is 0 Å². The first-order valence-electron chi connectivity index (χ1n) is 9.73. The van der Waals surface area contributed by atoms with Gasteiger partial charge < -0.3 is 10.4 Å². The van der Waals surface area contributed by atoms with E-state index in [4.69, 9.17) is 0 Å². The molecule has 2 nitrogen and oxygen atoms in total. The summed E-state index contributed by atoms with van der Waals surface area (Å²) in [4.78, 5) is 0. The molecule has 3 unspecified atom stereocenters. The molecule has 2 N–H and O–H groups in total. The highest BCUT2D eigenvalue weighted by Gasteiger charge is 2.25. The molecule has 0 aromatic carbocycles. The van der Waals surface area contributed by atoms with E-state index in [2.05, 4.69) is 25.7 Å². The quantitative estimate of drug-likeness (QED) is 0.472. The fourth-order valence-corrected chi connectivity index (χ4v) is 3.61. The van der Waals surface area contributed by atoms with Crippen molar-refractivity contribution in [3.8, 4) is 0 Å². The number of aliphatic hydroxyl groups excluding tert-OH is 1. The minimum atomic E-state index is -0.0389. The number of unbranched alkanes of at least 4 members (excludes halogenated alkanes) is 5. The number of rotatable bonds is 12. The van der Waals surface area contributed by atoms with Gasteiger partial charge in [-0.1, -0.05) is 59.0 Å². The van der Waals surface area contributed by atoms with Crippen LogP contribution < -0.4 is 5.32 Å². The van der Waals surface area contributed by atoms with Gasteiger partial charge in [0.25, 0.3) is 0 Å². The van der Waals surface area contributed by atoms with Crippen LogP contribution in [0.4, 0.5) is 0 Å². The van der Waals surface area contributed by atoms with E-state index in [1.165, 1.54) is 69.9 Å². The third-order valence-electron chi connectivity index (χ3n) is 5.23. The van der Waals surface area contributed by atoms with Gasteiger partial charge in [-0.05, 0) is 50.4 Å². The Kier molecular flexibility index (Phi) is 10.7. The molecule has 1 fully saturated rings. The molecule has 1 rings (SSSR count). The number of hydrogen-bond acceptors (Lipinski definition) is 2. The first-order chi connectivity index (χ1) is 10.6. The molecule has 0 aromatic rings. The van der Waals surface area contributed by atoms with E-state index in [9.17, 15) is 5.11 Å². The summed E-state index contributed by atoms with van der Waals surface area (Å²) in [5, 5.41) is 13.2.